The maximum Gasteiger partial charge on any atom is 0.227 e. The molecular weight excluding hydrogens is 1340 g/mol. The molecule has 0 fully saturated rings. The lowest BCUT2D eigenvalue weighted by molar-refractivity contribution is -0.120. The summed E-state index contributed by atoms with van der Waals surface area (Å²) in [6.45, 7) is 9.06. The summed E-state index contributed by atoms with van der Waals surface area (Å²) in [5.74, 6) is 1.41. The van der Waals surface area contributed by atoms with Gasteiger partial charge in [-0.1, -0.05) is 70.5 Å². The third-order valence-electron chi connectivity index (χ3n) is 16.4. The number of benzene rings is 6. The highest BCUT2D eigenvalue weighted by Gasteiger charge is 2.27. The molecule has 0 radical (unpaired) electrons. The third-order valence-corrected chi connectivity index (χ3v) is 16.4. The molecule has 6 aromatic carbocycles. The monoisotopic (exact) mass is 1410 g/mol. The average Bonchev–Trinajstić information content (AvgIpc) is 1.64. The zero-order valence-corrected chi connectivity index (χ0v) is 57.9. The van der Waals surface area contributed by atoms with Crippen LogP contribution < -0.4 is 37.6 Å². The van der Waals surface area contributed by atoms with Gasteiger partial charge >= 0.3 is 0 Å². The zero-order valence-electron chi connectivity index (χ0n) is 57.9. The molecule has 12 aromatic rings. The van der Waals surface area contributed by atoms with Crippen molar-refractivity contribution in [2.45, 2.75) is 92.3 Å². The molecule has 12 rings (SSSR count). The van der Waals surface area contributed by atoms with Crippen molar-refractivity contribution in [1.29, 1.82) is 15.8 Å². The summed E-state index contributed by atoms with van der Waals surface area (Å²) in [7, 11) is 0. The molecule has 0 aliphatic rings. The second-order valence-electron chi connectivity index (χ2n) is 24.1. The van der Waals surface area contributed by atoms with Crippen molar-refractivity contribution in [3.05, 3.63) is 162 Å². The van der Waals surface area contributed by atoms with Crippen LogP contribution in [0, 0.1) is 45.8 Å². The number of nitriles is 3. The number of amides is 3. The lowest BCUT2D eigenvalue weighted by atomic mass is 10.0. The van der Waals surface area contributed by atoms with E-state index in [1.807, 2.05) is 93.6 Å². The number of rotatable bonds is 31. The Bertz CT molecular complexity index is 5140. The van der Waals surface area contributed by atoms with Crippen LogP contribution in [0.25, 0.3) is 67.7 Å². The molecule has 1 atom stereocenters. The lowest BCUT2D eigenvalue weighted by Crippen LogP contribution is -2.20. The zero-order chi connectivity index (χ0) is 74.2. The largest absolute Gasteiger partial charge is 0.364 e. The number of imidazole rings is 3. The molecule has 534 valence electrons. The van der Waals surface area contributed by atoms with E-state index in [4.69, 9.17) is 35.4 Å². The topological polar surface area (TPSA) is 442 Å². The normalized spacial score (nSPS) is 11.1. The van der Waals surface area contributed by atoms with Gasteiger partial charge in [0.05, 0.1) is 90.2 Å². The minimum absolute atomic E-state index is 0.00419. The Morgan fingerprint density at radius 3 is 1.10 bits per heavy atom. The molecule has 0 aliphatic heterocycles. The van der Waals surface area contributed by atoms with Crippen molar-refractivity contribution in [2.75, 3.05) is 58.1 Å². The van der Waals surface area contributed by atoms with Gasteiger partial charge in [0, 0.05) is 71.6 Å². The van der Waals surface area contributed by atoms with Crippen LogP contribution in [0.15, 0.2) is 159 Å². The van der Waals surface area contributed by atoms with Crippen LogP contribution in [0.2, 0.25) is 0 Å². The van der Waals surface area contributed by atoms with Crippen LogP contribution in [0.5, 0.6) is 0 Å². The van der Waals surface area contributed by atoms with E-state index in [0.29, 0.717) is 135 Å². The molecule has 0 bridgehead atoms. The van der Waals surface area contributed by atoms with Crippen LogP contribution in [0.1, 0.15) is 104 Å². The first-order valence-electron chi connectivity index (χ1n) is 33.8. The highest BCUT2D eigenvalue weighted by molar-refractivity contribution is 6.01. The number of para-hydroxylation sites is 6. The predicted molar refractivity (Wildman–Crippen MR) is 391 cm³/mol. The van der Waals surface area contributed by atoms with Crippen LogP contribution in [-0.4, -0.2) is 121 Å². The van der Waals surface area contributed by atoms with Gasteiger partial charge < -0.3 is 51.3 Å². The molecule has 0 saturated heterocycles. The number of ketones is 3. The maximum atomic E-state index is 13.3. The van der Waals surface area contributed by atoms with Gasteiger partial charge in [0.2, 0.25) is 35.2 Å². The van der Waals surface area contributed by atoms with Crippen LogP contribution >= 0.6 is 0 Å². The van der Waals surface area contributed by atoms with Crippen molar-refractivity contribution in [3.8, 4) is 52.8 Å². The van der Waals surface area contributed by atoms with Crippen molar-refractivity contribution in [1.82, 2.24) is 59.6 Å². The summed E-state index contributed by atoms with van der Waals surface area (Å²) >= 11 is 0. The molecule has 0 unspecified atom stereocenters. The Morgan fingerprint density at radius 1 is 0.448 bits per heavy atom. The van der Waals surface area contributed by atoms with E-state index in [1.54, 1.807) is 93.4 Å². The number of nitrogens with two attached hydrogens (primary N) is 1. The van der Waals surface area contributed by atoms with Crippen molar-refractivity contribution < 1.29 is 42.7 Å². The van der Waals surface area contributed by atoms with Gasteiger partial charge in [0.15, 0.2) is 51.9 Å². The highest BCUT2D eigenvalue weighted by Crippen LogP contribution is 2.33. The molecule has 31 nitrogen and oxygen atoms in total. The second kappa shape index (κ2) is 36.1. The molecule has 6 heterocycles. The minimum Gasteiger partial charge on any atom is -0.364 e. The fraction of sp³-hybridized carbons (Fsp3) is 0.270. The Morgan fingerprint density at radius 2 is 0.781 bits per heavy atom. The number of hydrogen-bond donors (Lipinski definition) is 7. The number of anilines is 6. The van der Waals surface area contributed by atoms with Crippen LogP contribution in [0.4, 0.5) is 34.5 Å². The van der Waals surface area contributed by atoms with Gasteiger partial charge in [-0.2, -0.15) is 15.8 Å². The molecule has 6 aromatic heterocycles. The number of nitrogens with zero attached hydrogens (tertiary/aromatic N) is 15. The van der Waals surface area contributed by atoms with Gasteiger partial charge in [-0.15, -0.1) is 0 Å². The number of carbonyl (C=O) groups excluding carboxylic acids is 6. The first-order valence-corrected chi connectivity index (χ1v) is 33.8. The third kappa shape index (κ3) is 18.9. The van der Waals surface area contributed by atoms with E-state index >= 15 is 0 Å². The van der Waals surface area contributed by atoms with E-state index in [-0.39, 0.29) is 85.8 Å². The Labute approximate surface area is 601 Å². The number of aromatic nitrogens is 12. The van der Waals surface area contributed by atoms with Crippen LogP contribution in [-0.2, 0) is 34.0 Å². The number of Topliss-reactive ketones (excluding diaryl/α,β-unsaturated/α-hetero) is 3. The molecule has 0 spiro atoms. The maximum absolute atomic E-state index is 13.3. The fourth-order valence-corrected chi connectivity index (χ4v) is 10.8. The van der Waals surface area contributed by atoms with Gasteiger partial charge in [-0.05, 0) is 160 Å². The summed E-state index contributed by atoms with van der Waals surface area (Å²) in [5, 5.41) is 67.6. The second-order valence-corrected chi connectivity index (χ2v) is 24.1. The Hall–Kier alpha value is -13.6. The molecule has 31 heteroatoms. The van der Waals surface area contributed by atoms with Gasteiger partial charge in [-0.25, -0.2) is 28.8 Å². The van der Waals surface area contributed by atoms with Crippen molar-refractivity contribution in [3.63, 3.8) is 0 Å². The van der Waals surface area contributed by atoms with Gasteiger partial charge in [0.25, 0.3) is 0 Å². The Kier molecular flexibility index (Phi) is 25.5. The number of fused-ring (bicyclic) bond motifs is 3. The highest BCUT2D eigenvalue weighted by atomic mass is 16.6. The summed E-state index contributed by atoms with van der Waals surface area (Å²) in [5.41, 5.74) is 14.4. The van der Waals surface area contributed by atoms with E-state index in [0.717, 1.165) is 35.8 Å². The quantitative estimate of drug-likeness (QED) is 0.0157. The first kappa shape index (κ1) is 74.1. The molecule has 3 amide bonds. The van der Waals surface area contributed by atoms with Gasteiger partial charge in [0.1, 0.15) is 0 Å². The molecular formula is C74H74N22O9. The smallest absolute Gasteiger partial charge is 0.227 e. The molecule has 105 heavy (non-hydrogen) atoms. The fourth-order valence-electron chi connectivity index (χ4n) is 10.8. The van der Waals surface area contributed by atoms with Crippen molar-refractivity contribution >= 4 is 103 Å². The SMILES string of the molecule is CC(C)C(=O)Nc1ccc(C(=O)Cn2c(-c3nonc3NCCC#N)nc3ccccc32)cc1.CCC(=O)Nc1ccc(C(=O)Cn2c(-c3nonc3NCCC#N)nc3ccccc32)cc1.C[C@@H](CCCCN)C(=O)Nc1ccc(C(=O)Cn2c(-c3nonc3NCCC#N)nc3ccccc32)cc1. The predicted octanol–water partition coefficient (Wildman–Crippen LogP) is 11.5. The van der Waals surface area contributed by atoms with E-state index in [2.05, 4.69) is 96.0 Å². The summed E-state index contributed by atoms with van der Waals surface area (Å²) in [6, 6.07) is 48.9. The van der Waals surface area contributed by atoms with Gasteiger partial charge in [-0.3, -0.25) is 28.8 Å². The van der Waals surface area contributed by atoms with Crippen LogP contribution in [0.3, 0.4) is 0 Å². The van der Waals surface area contributed by atoms with E-state index in [1.165, 1.54) is 0 Å². The first-order chi connectivity index (χ1) is 51.1. The minimum atomic E-state index is -0.141. The lowest BCUT2D eigenvalue weighted by Gasteiger charge is -2.12. The van der Waals surface area contributed by atoms with E-state index in [9.17, 15) is 28.8 Å². The number of hydrogen-bond acceptors (Lipinski definition) is 25. The molecule has 8 N–H and O–H groups in total. The molecule has 0 aliphatic carbocycles. The number of unbranched alkanes of at least 4 members (excludes halogenated alkanes) is 1. The molecule has 0 saturated carbocycles. The summed E-state index contributed by atoms with van der Waals surface area (Å²) in [4.78, 5) is 89.5. The van der Waals surface area contributed by atoms with E-state index < -0.39 is 0 Å². The Balaban J connectivity index is 0.000000169. The van der Waals surface area contributed by atoms with Crippen molar-refractivity contribution in [2.24, 2.45) is 17.6 Å². The number of carbonyl (C=O) groups is 6. The standard InChI is InChI=1S/C27H30N8O3.C24H23N7O3.C23H21N7O3/c1-18(7-4-5-14-28)27(37)31-20-12-10-19(11-13-20)23(36)17-35-22-9-3-2-8-21(22)32-26(35)24-25(34-38-33-24)30-16-6-15-29;1-15(2)24(33)27-17-10-8-16(9-11-17)20(32)14-31-19-7-4-3-6-18(19)28-23(31)21-22(30-34-29-21)26-13-5-12-25;1-2-20(32)26-16-10-8-15(9-11-16)19(31)14-30-18-7-4-3-6-17(18)27-23(30)21-22(29-33-28-21)25-13-5-12-24/h2-3,8-13,18H,4-7,14,16-17,28H2,1H3,(H,30,34)(H,31,37);3-4,6-11,15H,5,13-14H2,1-2H3,(H,26,30)(H,27,33);3-4,6-11H,2,5,13-14H2,1H3,(H,25,29)(H,26,32)/t18-;;/m0../s1. The number of nitrogens with one attached hydrogen (secondary N) is 6. The summed E-state index contributed by atoms with van der Waals surface area (Å²) in [6.07, 6.45) is 3.81. The summed E-state index contributed by atoms with van der Waals surface area (Å²) < 4.78 is 20.1. The average molecular weight is 1420 g/mol.